The van der Waals surface area contributed by atoms with E-state index in [4.69, 9.17) is 0 Å². The summed E-state index contributed by atoms with van der Waals surface area (Å²) in [4.78, 5) is 13.0. The predicted octanol–water partition coefficient (Wildman–Crippen LogP) is 8.21. The van der Waals surface area contributed by atoms with Crippen molar-refractivity contribution < 1.29 is 9.90 Å². The molecule has 2 heteroatoms. The fourth-order valence-electron chi connectivity index (χ4n) is 7.57. The van der Waals surface area contributed by atoms with Crippen molar-refractivity contribution in [3.05, 3.63) is 35.5 Å². The van der Waals surface area contributed by atoms with Crippen LogP contribution in [0.15, 0.2) is 35.5 Å². The molecule has 3 aliphatic carbocycles. The smallest absolute Gasteiger partial charge is 0.143 e. The van der Waals surface area contributed by atoms with E-state index in [0.717, 1.165) is 43.6 Å². The highest BCUT2D eigenvalue weighted by molar-refractivity contribution is 5.88. The van der Waals surface area contributed by atoms with Crippen LogP contribution >= 0.6 is 0 Å². The van der Waals surface area contributed by atoms with Crippen LogP contribution in [-0.4, -0.2) is 17.0 Å². The molecule has 5 atom stereocenters. The van der Waals surface area contributed by atoms with Gasteiger partial charge >= 0.3 is 0 Å². The number of Topliss-reactive ketones (excluding diaryl/α,β-unsaturated/α-hetero) is 1. The third-order valence-corrected chi connectivity index (χ3v) is 9.48. The summed E-state index contributed by atoms with van der Waals surface area (Å²) in [7, 11) is 0. The predicted molar refractivity (Wildman–Crippen MR) is 140 cm³/mol. The maximum atomic E-state index is 13.0. The van der Waals surface area contributed by atoms with Gasteiger partial charge in [0.25, 0.3) is 0 Å². The molecule has 0 aromatic carbocycles. The van der Waals surface area contributed by atoms with E-state index in [2.05, 4.69) is 67.2 Å². The van der Waals surface area contributed by atoms with E-state index in [1.165, 1.54) is 37.7 Å². The number of aliphatic hydroxyl groups is 1. The summed E-state index contributed by atoms with van der Waals surface area (Å²) in [6, 6.07) is 0. The Kier molecular flexibility index (Phi) is 7.89. The zero-order valence-electron chi connectivity index (χ0n) is 22.6. The molecule has 3 rings (SSSR count). The van der Waals surface area contributed by atoms with Gasteiger partial charge in [-0.3, -0.25) is 4.79 Å². The summed E-state index contributed by atoms with van der Waals surface area (Å²) >= 11 is 0. The maximum Gasteiger partial charge on any atom is 0.143 e. The topological polar surface area (TPSA) is 37.3 Å². The summed E-state index contributed by atoms with van der Waals surface area (Å²) in [5.74, 6) is 2.47. The Morgan fingerprint density at radius 1 is 1.12 bits per heavy atom. The highest BCUT2D eigenvalue weighted by Crippen LogP contribution is 2.60. The first-order chi connectivity index (χ1) is 15.3. The van der Waals surface area contributed by atoms with Crippen LogP contribution in [-0.2, 0) is 4.79 Å². The maximum absolute atomic E-state index is 13.0. The molecule has 3 saturated carbocycles. The Labute approximate surface area is 204 Å². The van der Waals surface area contributed by atoms with Crippen molar-refractivity contribution in [3.63, 3.8) is 0 Å². The monoisotopic (exact) mass is 454 g/mol. The molecule has 2 unspecified atom stereocenters. The van der Waals surface area contributed by atoms with Crippen LogP contribution in [0.25, 0.3) is 0 Å². The Bertz CT molecular complexity index is 805. The van der Waals surface area contributed by atoms with Crippen molar-refractivity contribution >= 4 is 5.78 Å². The number of aliphatic hydroxyl groups excluding tert-OH is 1. The van der Waals surface area contributed by atoms with Gasteiger partial charge < -0.3 is 5.11 Å². The van der Waals surface area contributed by atoms with Crippen LogP contribution in [0, 0.1) is 34.0 Å². The Morgan fingerprint density at radius 3 is 2.48 bits per heavy atom. The van der Waals surface area contributed by atoms with Crippen molar-refractivity contribution in [3.8, 4) is 0 Å². The van der Waals surface area contributed by atoms with Crippen molar-refractivity contribution in [2.24, 2.45) is 34.0 Å². The average Bonchev–Trinajstić information content (AvgIpc) is 3.09. The average molecular weight is 455 g/mol. The van der Waals surface area contributed by atoms with Gasteiger partial charge in [0, 0.05) is 10.8 Å². The summed E-state index contributed by atoms with van der Waals surface area (Å²) < 4.78 is 0. The number of ketones is 1. The Balaban J connectivity index is 1.70. The van der Waals surface area contributed by atoms with Crippen LogP contribution in [0.2, 0.25) is 0 Å². The third-order valence-electron chi connectivity index (χ3n) is 9.48. The minimum Gasteiger partial charge on any atom is -0.388 e. The van der Waals surface area contributed by atoms with Crippen LogP contribution in [0.1, 0.15) is 113 Å². The molecule has 0 aromatic heterocycles. The van der Waals surface area contributed by atoms with Gasteiger partial charge in [0.1, 0.15) is 5.78 Å². The highest BCUT2D eigenvalue weighted by atomic mass is 16.3. The van der Waals surface area contributed by atoms with Crippen molar-refractivity contribution in [1.82, 2.24) is 0 Å². The van der Waals surface area contributed by atoms with Gasteiger partial charge in [-0.1, -0.05) is 72.8 Å². The van der Waals surface area contributed by atoms with Crippen LogP contribution in [0.4, 0.5) is 0 Å². The van der Waals surface area contributed by atoms with E-state index in [9.17, 15) is 9.90 Å². The first-order valence-corrected chi connectivity index (χ1v) is 13.6. The summed E-state index contributed by atoms with van der Waals surface area (Å²) in [5.41, 5.74) is 3.67. The fraction of sp³-hybridized carbons (Fsp3) is 0.774. The van der Waals surface area contributed by atoms with Gasteiger partial charge in [-0.2, -0.15) is 0 Å². The lowest BCUT2D eigenvalue weighted by atomic mass is 9.60. The van der Waals surface area contributed by atoms with E-state index in [0.29, 0.717) is 23.0 Å². The number of carbonyl (C=O) groups excluding carboxylic acids is 1. The number of hydrogen-bond donors (Lipinski definition) is 1. The lowest BCUT2D eigenvalue weighted by Gasteiger charge is -2.45. The molecule has 0 bridgehead atoms. The van der Waals surface area contributed by atoms with Crippen molar-refractivity contribution in [1.29, 1.82) is 0 Å². The third kappa shape index (κ3) is 5.58. The Morgan fingerprint density at radius 2 is 1.82 bits per heavy atom. The second kappa shape index (κ2) is 9.84. The molecule has 0 heterocycles. The van der Waals surface area contributed by atoms with Gasteiger partial charge in [0.05, 0.1) is 6.10 Å². The van der Waals surface area contributed by atoms with Crippen molar-refractivity contribution in [2.75, 3.05) is 0 Å². The minimum atomic E-state index is -0.355. The van der Waals surface area contributed by atoms with Crippen LogP contribution in [0.3, 0.4) is 0 Å². The highest BCUT2D eigenvalue weighted by Gasteiger charge is 2.50. The molecule has 3 fully saturated rings. The van der Waals surface area contributed by atoms with Gasteiger partial charge in [-0.15, -0.1) is 0 Å². The fourth-order valence-corrected chi connectivity index (χ4v) is 7.57. The molecule has 2 nitrogen and oxygen atoms in total. The van der Waals surface area contributed by atoms with Gasteiger partial charge in [-0.05, 0) is 98.5 Å². The molecule has 0 radical (unpaired) electrons. The van der Waals surface area contributed by atoms with Gasteiger partial charge in [0.2, 0.25) is 0 Å². The largest absolute Gasteiger partial charge is 0.388 e. The number of allylic oxidation sites excluding steroid dienone is 3. The molecule has 0 amide bonds. The quantitative estimate of drug-likeness (QED) is 0.439. The number of hydrogen-bond acceptors (Lipinski definition) is 2. The van der Waals surface area contributed by atoms with Crippen LogP contribution in [0.5, 0.6) is 0 Å². The Hall–Kier alpha value is -1.15. The normalized spacial score (nSPS) is 34.5. The molecule has 186 valence electrons. The van der Waals surface area contributed by atoms with Gasteiger partial charge in [-0.25, -0.2) is 0 Å². The lowest BCUT2D eigenvalue weighted by molar-refractivity contribution is -0.135. The SMILES string of the molecule is C=C1/C(=C\C=C2/CCCC3(C)[C@@H]([C@H](C)CCC(C)(C)C(=O)C(C)(C)C)CC[C@@H]23)CCCC1O. The second-order valence-corrected chi connectivity index (χ2v) is 13.4. The van der Waals surface area contributed by atoms with Crippen LogP contribution < -0.4 is 0 Å². The molecule has 33 heavy (non-hydrogen) atoms. The van der Waals surface area contributed by atoms with E-state index >= 15 is 0 Å². The van der Waals surface area contributed by atoms with E-state index in [-0.39, 0.29) is 16.9 Å². The first-order valence-electron chi connectivity index (χ1n) is 13.6. The number of carbonyl (C=O) groups is 1. The van der Waals surface area contributed by atoms with E-state index in [1.807, 2.05) is 0 Å². The molecular formula is C31H50O2. The minimum absolute atomic E-state index is 0.248. The zero-order valence-corrected chi connectivity index (χ0v) is 22.6. The lowest BCUT2D eigenvalue weighted by Crippen LogP contribution is -2.38. The van der Waals surface area contributed by atoms with E-state index < -0.39 is 0 Å². The molecule has 0 spiro atoms. The molecule has 0 aliphatic heterocycles. The summed E-state index contributed by atoms with van der Waals surface area (Å²) in [6.45, 7) is 19.6. The number of fused-ring (bicyclic) bond motifs is 1. The van der Waals surface area contributed by atoms with Crippen molar-refractivity contribution in [2.45, 2.75) is 119 Å². The standard InChI is InChI=1S/C31H50O2/c1-21(18-20-30(6,7)28(33)29(3,4)5)25-16-17-26-24(12-10-19-31(25,26)8)15-14-23-11-9-13-27(32)22(23)2/h14-15,21,25-27,32H,2,9-13,16-20H2,1,3-8H3/b23-14-,24-15+/t21-,25-,26+,27?,31?/m1/s1. The molecule has 1 N–H and O–H groups in total. The second-order valence-electron chi connectivity index (χ2n) is 13.4. The molecular weight excluding hydrogens is 404 g/mol. The van der Waals surface area contributed by atoms with E-state index in [1.54, 1.807) is 5.57 Å². The van der Waals surface area contributed by atoms with Gasteiger partial charge in [0.15, 0.2) is 0 Å². The molecule has 3 aliphatic rings. The summed E-state index contributed by atoms with van der Waals surface area (Å²) in [5, 5.41) is 10.2. The summed E-state index contributed by atoms with van der Waals surface area (Å²) in [6.07, 6.45) is 15.9. The molecule has 0 aromatic rings. The zero-order chi connectivity index (χ0) is 24.6. The first kappa shape index (κ1) is 26.5. The number of rotatable bonds is 6. The molecule has 0 saturated heterocycles.